The Balaban J connectivity index is 1.88. The molecule has 1 aliphatic heterocycles. The second-order valence-electron chi connectivity index (χ2n) is 4.44. The predicted octanol–water partition coefficient (Wildman–Crippen LogP) is 0.658. The van der Waals surface area contributed by atoms with E-state index in [0.717, 1.165) is 12.4 Å². The second kappa shape index (κ2) is 5.79. The molecule has 17 heavy (non-hydrogen) atoms. The Morgan fingerprint density at radius 2 is 2.24 bits per heavy atom. The Bertz CT molecular complexity index is 356. The van der Waals surface area contributed by atoms with Crippen molar-refractivity contribution in [1.82, 2.24) is 14.9 Å². The van der Waals surface area contributed by atoms with Crippen molar-refractivity contribution in [2.75, 3.05) is 30.9 Å². The maximum absolute atomic E-state index is 5.30. The maximum atomic E-state index is 5.30. The number of hydrogen-bond acceptors (Lipinski definition) is 6. The van der Waals surface area contributed by atoms with Gasteiger partial charge in [0.05, 0.1) is 0 Å². The van der Waals surface area contributed by atoms with E-state index in [2.05, 4.69) is 32.7 Å². The summed E-state index contributed by atoms with van der Waals surface area (Å²) in [6.45, 7) is 2.10. The third kappa shape index (κ3) is 3.28. The lowest BCUT2D eigenvalue weighted by Crippen LogP contribution is -2.40. The Morgan fingerprint density at radius 3 is 3.00 bits per heavy atom. The lowest BCUT2D eigenvalue weighted by molar-refractivity contribution is 0.194. The summed E-state index contributed by atoms with van der Waals surface area (Å²) in [7, 11) is 2.18. The number of nitrogens with zero attached hydrogens (tertiary/aromatic N) is 3. The Labute approximate surface area is 102 Å². The molecule has 0 aromatic carbocycles. The summed E-state index contributed by atoms with van der Waals surface area (Å²) >= 11 is 0. The van der Waals surface area contributed by atoms with Gasteiger partial charge in [0.1, 0.15) is 18.0 Å². The molecule has 4 N–H and O–H groups in total. The number of anilines is 2. The molecule has 0 amide bonds. The van der Waals surface area contributed by atoms with E-state index in [4.69, 9.17) is 5.84 Å². The van der Waals surface area contributed by atoms with Gasteiger partial charge in [-0.05, 0) is 26.4 Å². The maximum Gasteiger partial charge on any atom is 0.145 e. The van der Waals surface area contributed by atoms with E-state index in [1.807, 2.05) is 6.07 Å². The van der Waals surface area contributed by atoms with Crippen molar-refractivity contribution < 1.29 is 0 Å². The zero-order valence-electron chi connectivity index (χ0n) is 10.2. The molecule has 94 valence electrons. The largest absolute Gasteiger partial charge is 0.368 e. The Kier molecular flexibility index (Phi) is 4.11. The molecule has 1 saturated heterocycles. The number of hydrogen-bond donors (Lipinski definition) is 3. The molecule has 0 spiro atoms. The second-order valence-corrected chi connectivity index (χ2v) is 4.44. The number of nitrogens with one attached hydrogen (secondary N) is 2. The normalized spacial score (nSPS) is 21.2. The van der Waals surface area contributed by atoms with Crippen molar-refractivity contribution in [2.45, 2.75) is 25.3 Å². The minimum absolute atomic E-state index is 0.591. The lowest BCUT2D eigenvalue weighted by atomic mass is 10.0. The van der Waals surface area contributed by atoms with Crippen LogP contribution in [-0.2, 0) is 0 Å². The highest BCUT2D eigenvalue weighted by atomic mass is 15.3. The standard InChI is InChI=1S/C11H20N6/c1-17-5-3-2-4-9(17)7-13-10-6-11(16-12)15-8-14-10/h6,8-9H,2-5,7,12H2,1H3,(H2,13,14,15,16). The number of nitrogen functional groups attached to an aromatic ring is 1. The average molecular weight is 236 g/mol. The van der Waals surface area contributed by atoms with Crippen LogP contribution < -0.4 is 16.6 Å². The van der Waals surface area contributed by atoms with Gasteiger partial charge < -0.3 is 15.6 Å². The minimum atomic E-state index is 0.591. The van der Waals surface area contributed by atoms with Crippen LogP contribution in [0.5, 0.6) is 0 Å². The van der Waals surface area contributed by atoms with Gasteiger partial charge in [-0.1, -0.05) is 6.42 Å². The number of piperidine rings is 1. The smallest absolute Gasteiger partial charge is 0.145 e. The zero-order chi connectivity index (χ0) is 12.1. The van der Waals surface area contributed by atoms with Gasteiger partial charge in [-0.3, -0.25) is 0 Å². The molecule has 1 unspecified atom stereocenters. The highest BCUT2D eigenvalue weighted by molar-refractivity contribution is 5.45. The monoisotopic (exact) mass is 236 g/mol. The number of rotatable bonds is 4. The van der Waals surface area contributed by atoms with Crippen LogP contribution in [0.2, 0.25) is 0 Å². The van der Waals surface area contributed by atoms with Gasteiger partial charge in [0.25, 0.3) is 0 Å². The first kappa shape index (κ1) is 12.1. The van der Waals surface area contributed by atoms with Crippen molar-refractivity contribution in [1.29, 1.82) is 0 Å². The van der Waals surface area contributed by atoms with Gasteiger partial charge in [-0.2, -0.15) is 0 Å². The van der Waals surface area contributed by atoms with Crippen LogP contribution in [0.15, 0.2) is 12.4 Å². The zero-order valence-corrected chi connectivity index (χ0v) is 10.2. The SMILES string of the molecule is CN1CCCCC1CNc1cc(NN)ncn1. The van der Waals surface area contributed by atoms with E-state index in [9.17, 15) is 0 Å². The van der Waals surface area contributed by atoms with Gasteiger partial charge in [0.15, 0.2) is 0 Å². The Hall–Kier alpha value is -1.40. The number of aromatic nitrogens is 2. The van der Waals surface area contributed by atoms with E-state index < -0.39 is 0 Å². The average Bonchev–Trinajstić information content (AvgIpc) is 2.38. The third-order valence-electron chi connectivity index (χ3n) is 3.26. The van der Waals surface area contributed by atoms with Crippen molar-refractivity contribution in [2.24, 2.45) is 5.84 Å². The fourth-order valence-corrected chi connectivity index (χ4v) is 2.16. The van der Waals surface area contributed by atoms with Crippen molar-refractivity contribution in [3.05, 3.63) is 12.4 Å². The molecular weight excluding hydrogens is 216 g/mol. The van der Waals surface area contributed by atoms with Crippen molar-refractivity contribution in [3.63, 3.8) is 0 Å². The predicted molar refractivity (Wildman–Crippen MR) is 68.6 cm³/mol. The number of likely N-dealkylation sites (tertiary alicyclic amines) is 1. The molecule has 6 nitrogen and oxygen atoms in total. The molecule has 1 aromatic rings. The summed E-state index contributed by atoms with van der Waals surface area (Å²) in [5.74, 6) is 6.74. The van der Waals surface area contributed by atoms with E-state index in [1.54, 1.807) is 0 Å². The summed E-state index contributed by atoms with van der Waals surface area (Å²) in [5.41, 5.74) is 2.51. The van der Waals surface area contributed by atoms with E-state index in [-0.39, 0.29) is 0 Å². The van der Waals surface area contributed by atoms with Gasteiger partial charge in [-0.15, -0.1) is 0 Å². The van der Waals surface area contributed by atoms with Crippen LogP contribution >= 0.6 is 0 Å². The first-order valence-corrected chi connectivity index (χ1v) is 6.02. The van der Waals surface area contributed by atoms with Gasteiger partial charge in [-0.25, -0.2) is 15.8 Å². The van der Waals surface area contributed by atoms with Crippen LogP contribution in [0.1, 0.15) is 19.3 Å². The van der Waals surface area contributed by atoms with Crippen molar-refractivity contribution in [3.8, 4) is 0 Å². The molecule has 0 bridgehead atoms. The highest BCUT2D eigenvalue weighted by Crippen LogP contribution is 2.15. The van der Waals surface area contributed by atoms with Gasteiger partial charge >= 0.3 is 0 Å². The highest BCUT2D eigenvalue weighted by Gasteiger charge is 2.18. The fourth-order valence-electron chi connectivity index (χ4n) is 2.16. The third-order valence-corrected chi connectivity index (χ3v) is 3.26. The van der Waals surface area contributed by atoms with Gasteiger partial charge in [0, 0.05) is 18.7 Å². The first-order valence-electron chi connectivity index (χ1n) is 6.02. The van der Waals surface area contributed by atoms with Crippen molar-refractivity contribution >= 4 is 11.6 Å². The summed E-state index contributed by atoms with van der Waals surface area (Å²) in [5, 5.41) is 3.33. The van der Waals surface area contributed by atoms with Crippen LogP contribution in [0.25, 0.3) is 0 Å². The summed E-state index contributed by atoms with van der Waals surface area (Å²) < 4.78 is 0. The Morgan fingerprint density at radius 1 is 1.41 bits per heavy atom. The first-order chi connectivity index (χ1) is 8.29. The summed E-state index contributed by atoms with van der Waals surface area (Å²) in [6.07, 6.45) is 5.37. The number of hydrazine groups is 1. The molecule has 6 heteroatoms. The van der Waals surface area contributed by atoms with Crippen LogP contribution in [-0.4, -0.2) is 41.0 Å². The number of likely N-dealkylation sites (N-methyl/N-ethyl adjacent to an activating group) is 1. The molecule has 0 aliphatic carbocycles. The molecule has 0 radical (unpaired) electrons. The van der Waals surface area contributed by atoms with Crippen LogP contribution in [0.4, 0.5) is 11.6 Å². The fraction of sp³-hybridized carbons (Fsp3) is 0.636. The van der Waals surface area contributed by atoms with E-state index >= 15 is 0 Å². The van der Waals surface area contributed by atoms with E-state index in [1.165, 1.54) is 32.1 Å². The molecule has 1 aliphatic rings. The summed E-state index contributed by atoms with van der Waals surface area (Å²) in [4.78, 5) is 10.5. The van der Waals surface area contributed by atoms with Gasteiger partial charge in [0.2, 0.25) is 0 Å². The number of nitrogens with two attached hydrogens (primary N) is 1. The topological polar surface area (TPSA) is 79.1 Å². The van der Waals surface area contributed by atoms with E-state index in [0.29, 0.717) is 11.9 Å². The minimum Gasteiger partial charge on any atom is -0.368 e. The van der Waals surface area contributed by atoms with Crippen LogP contribution in [0.3, 0.4) is 0 Å². The molecule has 1 fully saturated rings. The molecule has 2 rings (SSSR count). The molecule has 1 atom stereocenters. The molecular formula is C11H20N6. The van der Waals surface area contributed by atoms with Crippen LogP contribution in [0, 0.1) is 0 Å². The molecule has 1 aromatic heterocycles. The quantitative estimate of drug-likeness (QED) is 0.526. The summed E-state index contributed by atoms with van der Waals surface area (Å²) in [6, 6.07) is 2.40. The molecule has 2 heterocycles. The molecule has 0 saturated carbocycles. The lowest BCUT2D eigenvalue weighted by Gasteiger charge is -2.32.